The van der Waals surface area contributed by atoms with E-state index in [1.165, 1.54) is 0 Å². The van der Waals surface area contributed by atoms with Gasteiger partial charge in [-0.05, 0) is 0 Å². The first kappa shape index (κ1) is 14.3. The first-order chi connectivity index (χ1) is 9.36. The van der Waals surface area contributed by atoms with E-state index in [0.717, 1.165) is 17.2 Å². The summed E-state index contributed by atoms with van der Waals surface area (Å²) in [5, 5.41) is 5.33. The van der Waals surface area contributed by atoms with E-state index in [-0.39, 0.29) is 0 Å². The van der Waals surface area contributed by atoms with Crippen molar-refractivity contribution in [3.63, 3.8) is 0 Å². The maximum absolute atomic E-state index is 5.38. The molecule has 19 heavy (non-hydrogen) atoms. The molecule has 2 rings (SSSR count). The Bertz CT molecular complexity index is 497. The second-order valence-corrected chi connectivity index (χ2v) is 4.78. The average molecular weight is 285 g/mol. The van der Waals surface area contributed by atoms with Gasteiger partial charge in [0.05, 0.1) is 26.9 Å². The van der Waals surface area contributed by atoms with Gasteiger partial charge in [0, 0.05) is 31.8 Å². The molecule has 0 aliphatic heterocycles. The molecule has 0 radical (unpaired) electrons. The number of methoxy groups -OCH3 is 2. The lowest BCUT2D eigenvalue weighted by molar-refractivity contribution is 0.0718. The third-order valence-corrected chi connectivity index (χ3v) is 3.42. The van der Waals surface area contributed by atoms with Gasteiger partial charge in [0.25, 0.3) is 0 Å². The predicted molar refractivity (Wildman–Crippen MR) is 74.0 cm³/mol. The van der Waals surface area contributed by atoms with Crippen molar-refractivity contribution in [2.24, 2.45) is 0 Å². The second-order valence-electron chi connectivity index (χ2n) is 3.91. The predicted octanol–water partition coefficient (Wildman–Crippen LogP) is 1.16. The minimum Gasteiger partial charge on any atom is -0.480 e. The highest BCUT2D eigenvalue weighted by Crippen LogP contribution is 2.22. The van der Waals surface area contributed by atoms with Crippen LogP contribution in [0.4, 0.5) is 0 Å². The van der Waals surface area contributed by atoms with Crippen LogP contribution in [0, 0.1) is 0 Å². The summed E-state index contributed by atoms with van der Waals surface area (Å²) in [4.78, 5) is 5.35. The van der Waals surface area contributed by atoms with E-state index in [1.807, 2.05) is 16.0 Å². The van der Waals surface area contributed by atoms with Gasteiger partial charge in [0.15, 0.2) is 4.96 Å². The van der Waals surface area contributed by atoms with E-state index < -0.39 is 0 Å². The molecule has 0 unspecified atom stereocenters. The third kappa shape index (κ3) is 3.66. The normalized spacial score (nSPS) is 11.3. The number of nitrogens with one attached hydrogen (secondary N) is 1. The fourth-order valence-electron chi connectivity index (χ4n) is 1.73. The molecule has 2 heterocycles. The minimum absolute atomic E-state index is 0.628. The number of aromatic nitrogens is 2. The minimum atomic E-state index is 0.628. The fraction of sp³-hybridized carbons (Fsp3) is 0.583. The van der Waals surface area contributed by atoms with E-state index in [9.17, 15) is 0 Å². The van der Waals surface area contributed by atoms with Gasteiger partial charge < -0.3 is 19.5 Å². The summed E-state index contributed by atoms with van der Waals surface area (Å²) in [5.41, 5.74) is 1.04. The number of rotatable bonds is 9. The summed E-state index contributed by atoms with van der Waals surface area (Å²) in [6, 6.07) is 0. The van der Waals surface area contributed by atoms with Gasteiger partial charge >= 0.3 is 0 Å². The highest BCUT2D eigenvalue weighted by Gasteiger charge is 2.12. The number of nitrogens with zero attached hydrogens (tertiary/aromatic N) is 2. The zero-order chi connectivity index (χ0) is 13.5. The number of thiazole rings is 1. The highest BCUT2D eigenvalue weighted by atomic mass is 32.1. The van der Waals surface area contributed by atoms with Crippen molar-refractivity contribution in [1.29, 1.82) is 0 Å². The first-order valence-electron chi connectivity index (χ1n) is 6.12. The van der Waals surface area contributed by atoms with E-state index in [4.69, 9.17) is 14.2 Å². The van der Waals surface area contributed by atoms with Crippen LogP contribution in [-0.4, -0.2) is 50.0 Å². The lowest BCUT2D eigenvalue weighted by Gasteiger charge is -2.06. The molecule has 1 N–H and O–H groups in total. The van der Waals surface area contributed by atoms with Gasteiger partial charge in [-0.25, -0.2) is 0 Å². The molecule has 2 aromatic rings. The lowest BCUT2D eigenvalue weighted by Crippen LogP contribution is -2.21. The van der Waals surface area contributed by atoms with Crippen molar-refractivity contribution in [1.82, 2.24) is 14.7 Å². The molecule has 0 fully saturated rings. The Kier molecular flexibility index (Phi) is 5.59. The van der Waals surface area contributed by atoms with Crippen LogP contribution in [0.25, 0.3) is 4.96 Å². The highest BCUT2D eigenvalue weighted by molar-refractivity contribution is 7.15. The molecule has 0 saturated carbocycles. The second kappa shape index (κ2) is 7.44. The first-order valence-corrected chi connectivity index (χ1v) is 7.00. The summed E-state index contributed by atoms with van der Waals surface area (Å²) in [5.74, 6) is 0.680. The van der Waals surface area contributed by atoms with Crippen LogP contribution >= 0.6 is 11.3 Å². The number of hydrogen-bond acceptors (Lipinski definition) is 6. The zero-order valence-electron chi connectivity index (χ0n) is 11.2. The molecule has 0 amide bonds. The van der Waals surface area contributed by atoms with Crippen molar-refractivity contribution < 1.29 is 14.2 Å². The Balaban J connectivity index is 1.79. The van der Waals surface area contributed by atoms with Gasteiger partial charge in [-0.2, -0.15) is 4.98 Å². The molecule has 7 heteroatoms. The molecular formula is C12H19N3O3S. The summed E-state index contributed by atoms with van der Waals surface area (Å²) >= 11 is 1.60. The van der Waals surface area contributed by atoms with Crippen LogP contribution < -0.4 is 10.1 Å². The quantitative estimate of drug-likeness (QED) is 0.701. The molecule has 0 bridgehead atoms. The number of fused-ring (bicyclic) bond motifs is 1. The molecular weight excluding hydrogens is 266 g/mol. The van der Waals surface area contributed by atoms with Crippen molar-refractivity contribution in [2.75, 3.05) is 40.6 Å². The van der Waals surface area contributed by atoms with E-state index >= 15 is 0 Å². The Labute approximate surface area is 116 Å². The molecule has 0 aromatic carbocycles. The summed E-state index contributed by atoms with van der Waals surface area (Å²) < 4.78 is 17.6. The molecule has 0 aliphatic carbocycles. The van der Waals surface area contributed by atoms with Gasteiger partial charge in [0.1, 0.15) is 5.69 Å². The van der Waals surface area contributed by atoms with Crippen LogP contribution in [0.5, 0.6) is 5.88 Å². The average Bonchev–Trinajstić information content (AvgIpc) is 2.99. The number of imidazole rings is 1. The lowest BCUT2D eigenvalue weighted by atomic mass is 10.4. The van der Waals surface area contributed by atoms with Crippen molar-refractivity contribution >= 4 is 16.3 Å². The van der Waals surface area contributed by atoms with Crippen molar-refractivity contribution in [3.8, 4) is 5.88 Å². The van der Waals surface area contributed by atoms with Gasteiger partial charge in [0.2, 0.25) is 5.88 Å². The Morgan fingerprint density at radius 1 is 1.32 bits per heavy atom. The van der Waals surface area contributed by atoms with Crippen LogP contribution in [-0.2, 0) is 16.0 Å². The Morgan fingerprint density at radius 2 is 2.21 bits per heavy atom. The molecule has 106 valence electrons. The van der Waals surface area contributed by atoms with Crippen LogP contribution in [0.3, 0.4) is 0 Å². The molecule has 0 aliphatic rings. The fourth-order valence-corrected chi connectivity index (χ4v) is 2.46. The SMILES string of the molecule is COCCOCCNCc1c(OC)nc2sccn12. The van der Waals surface area contributed by atoms with Gasteiger partial charge in [-0.15, -0.1) is 11.3 Å². The largest absolute Gasteiger partial charge is 0.480 e. The molecule has 0 saturated heterocycles. The third-order valence-electron chi connectivity index (χ3n) is 2.67. The summed E-state index contributed by atoms with van der Waals surface area (Å²) in [7, 11) is 3.31. The maximum atomic E-state index is 5.38. The standard InChI is InChI=1S/C12H19N3O3S/c1-16-6-7-18-5-3-13-9-10-11(17-2)14-12-15(10)4-8-19-12/h4,8,13H,3,5-7,9H2,1-2H3. The van der Waals surface area contributed by atoms with E-state index in [2.05, 4.69) is 10.3 Å². The Hall–Kier alpha value is -1.15. The smallest absolute Gasteiger partial charge is 0.237 e. The Morgan fingerprint density at radius 3 is 3.00 bits per heavy atom. The number of ether oxygens (including phenoxy) is 3. The molecule has 6 nitrogen and oxygen atoms in total. The topological polar surface area (TPSA) is 57.0 Å². The molecule has 0 atom stereocenters. The maximum Gasteiger partial charge on any atom is 0.237 e. The summed E-state index contributed by atoms with van der Waals surface area (Å²) in [6.07, 6.45) is 2.00. The molecule has 0 spiro atoms. The van der Waals surface area contributed by atoms with Crippen molar-refractivity contribution in [2.45, 2.75) is 6.54 Å². The van der Waals surface area contributed by atoms with Crippen molar-refractivity contribution in [3.05, 3.63) is 17.3 Å². The van der Waals surface area contributed by atoms with E-state index in [1.54, 1.807) is 25.6 Å². The molecule has 2 aromatic heterocycles. The summed E-state index contributed by atoms with van der Waals surface area (Å²) in [6.45, 7) is 3.41. The van der Waals surface area contributed by atoms with Crippen LogP contribution in [0.15, 0.2) is 11.6 Å². The van der Waals surface area contributed by atoms with Gasteiger partial charge in [-0.3, -0.25) is 4.40 Å². The van der Waals surface area contributed by atoms with Crippen LogP contribution in [0.1, 0.15) is 5.69 Å². The van der Waals surface area contributed by atoms with Gasteiger partial charge in [-0.1, -0.05) is 0 Å². The zero-order valence-corrected chi connectivity index (χ0v) is 12.0. The van der Waals surface area contributed by atoms with Crippen LogP contribution in [0.2, 0.25) is 0 Å². The monoisotopic (exact) mass is 285 g/mol. The number of hydrogen-bond donors (Lipinski definition) is 1. The van der Waals surface area contributed by atoms with E-state index in [0.29, 0.717) is 32.2 Å².